The number of nitrogens with one attached hydrogen (secondary N) is 1. The summed E-state index contributed by atoms with van der Waals surface area (Å²) in [5.74, 6) is 0.781. The second-order valence-corrected chi connectivity index (χ2v) is 4.84. The number of halogens is 1. The van der Waals surface area contributed by atoms with E-state index < -0.39 is 0 Å². The molecule has 2 aromatic carbocycles. The lowest BCUT2D eigenvalue weighted by Crippen LogP contribution is -1.97. The molecule has 0 saturated carbocycles. The van der Waals surface area contributed by atoms with E-state index in [0.29, 0.717) is 11.6 Å². The molecule has 0 radical (unpaired) electrons. The highest BCUT2D eigenvalue weighted by molar-refractivity contribution is 6.30. The van der Waals surface area contributed by atoms with Gasteiger partial charge >= 0.3 is 0 Å². The van der Waals surface area contributed by atoms with E-state index in [9.17, 15) is 0 Å². The van der Waals surface area contributed by atoms with E-state index in [1.54, 1.807) is 0 Å². The Labute approximate surface area is 122 Å². The average Bonchev–Trinajstić information content (AvgIpc) is 2.95. The minimum atomic E-state index is 0.570. The lowest BCUT2D eigenvalue weighted by molar-refractivity contribution is 0.390. The van der Waals surface area contributed by atoms with Crippen LogP contribution in [-0.2, 0) is 6.54 Å². The third-order valence-corrected chi connectivity index (χ3v) is 3.15. The van der Waals surface area contributed by atoms with Gasteiger partial charge < -0.3 is 9.84 Å². The molecule has 100 valence electrons. The van der Waals surface area contributed by atoms with Crippen LogP contribution in [0.15, 0.2) is 65.2 Å². The number of aromatic nitrogens is 1. The zero-order chi connectivity index (χ0) is 13.8. The van der Waals surface area contributed by atoms with Crippen LogP contribution in [0, 0.1) is 0 Å². The number of hydrogen-bond acceptors (Lipinski definition) is 3. The third kappa shape index (κ3) is 3.00. The molecule has 3 nitrogen and oxygen atoms in total. The summed E-state index contributed by atoms with van der Waals surface area (Å²) >= 11 is 5.93. The van der Waals surface area contributed by atoms with E-state index >= 15 is 0 Å². The second kappa shape index (κ2) is 5.80. The predicted molar refractivity (Wildman–Crippen MR) is 80.7 cm³/mol. The number of anilines is 1. The second-order valence-electron chi connectivity index (χ2n) is 4.41. The van der Waals surface area contributed by atoms with Crippen LogP contribution in [0.3, 0.4) is 0 Å². The molecule has 3 aromatic rings. The molecular weight excluding hydrogens is 272 g/mol. The Kier molecular flexibility index (Phi) is 3.70. The molecule has 1 aromatic heterocycles. The van der Waals surface area contributed by atoms with Crippen LogP contribution in [0.5, 0.6) is 0 Å². The van der Waals surface area contributed by atoms with Crippen molar-refractivity contribution in [3.05, 3.63) is 71.4 Å². The van der Waals surface area contributed by atoms with Gasteiger partial charge in [0.15, 0.2) is 5.76 Å². The molecule has 0 aliphatic carbocycles. The van der Waals surface area contributed by atoms with Gasteiger partial charge in [0.2, 0.25) is 0 Å². The Bertz CT molecular complexity index is 694. The fourth-order valence-electron chi connectivity index (χ4n) is 1.93. The van der Waals surface area contributed by atoms with Gasteiger partial charge in [0, 0.05) is 22.3 Å². The lowest BCUT2D eigenvalue weighted by atomic mass is 10.1. The molecule has 0 spiro atoms. The maximum absolute atomic E-state index is 5.93. The molecule has 4 heteroatoms. The summed E-state index contributed by atoms with van der Waals surface area (Å²) in [6.07, 6.45) is 0. The van der Waals surface area contributed by atoms with Crippen molar-refractivity contribution in [2.45, 2.75) is 6.54 Å². The van der Waals surface area contributed by atoms with E-state index in [2.05, 4.69) is 10.5 Å². The van der Waals surface area contributed by atoms with Crippen molar-refractivity contribution in [1.82, 2.24) is 5.16 Å². The van der Waals surface area contributed by atoms with Gasteiger partial charge in [-0.15, -0.1) is 0 Å². The van der Waals surface area contributed by atoms with Crippen molar-refractivity contribution in [2.75, 3.05) is 5.32 Å². The molecule has 1 heterocycles. The maximum Gasteiger partial charge on any atom is 0.156 e. The Morgan fingerprint density at radius 1 is 1.00 bits per heavy atom. The Hall–Kier alpha value is -2.26. The van der Waals surface area contributed by atoms with Crippen molar-refractivity contribution in [2.24, 2.45) is 0 Å². The minimum Gasteiger partial charge on any atom is -0.378 e. The molecule has 0 fully saturated rings. The van der Waals surface area contributed by atoms with Crippen molar-refractivity contribution in [1.29, 1.82) is 0 Å². The van der Waals surface area contributed by atoms with Crippen molar-refractivity contribution in [3.8, 4) is 11.3 Å². The number of hydrogen-bond donors (Lipinski definition) is 1. The van der Waals surface area contributed by atoms with Gasteiger partial charge in [-0.1, -0.05) is 53.2 Å². The molecule has 0 atom stereocenters. The Morgan fingerprint density at radius 3 is 2.65 bits per heavy atom. The molecule has 20 heavy (non-hydrogen) atoms. The normalized spacial score (nSPS) is 10.4. The highest BCUT2D eigenvalue weighted by Gasteiger charge is 2.05. The zero-order valence-electron chi connectivity index (χ0n) is 10.7. The number of rotatable bonds is 4. The molecule has 0 aliphatic rings. The van der Waals surface area contributed by atoms with Crippen LogP contribution in [0.4, 0.5) is 5.69 Å². The molecule has 0 unspecified atom stereocenters. The topological polar surface area (TPSA) is 38.1 Å². The van der Waals surface area contributed by atoms with Crippen LogP contribution < -0.4 is 5.32 Å². The zero-order valence-corrected chi connectivity index (χ0v) is 11.5. The van der Waals surface area contributed by atoms with Crippen LogP contribution in [-0.4, -0.2) is 5.16 Å². The summed E-state index contributed by atoms with van der Waals surface area (Å²) in [4.78, 5) is 0. The van der Waals surface area contributed by atoms with E-state index in [1.807, 2.05) is 60.7 Å². The summed E-state index contributed by atoms with van der Waals surface area (Å²) in [6, 6.07) is 19.5. The highest BCUT2D eigenvalue weighted by atomic mass is 35.5. The Morgan fingerprint density at radius 2 is 1.85 bits per heavy atom. The van der Waals surface area contributed by atoms with Crippen LogP contribution in [0.25, 0.3) is 11.3 Å². The van der Waals surface area contributed by atoms with Crippen LogP contribution >= 0.6 is 11.6 Å². The monoisotopic (exact) mass is 284 g/mol. The van der Waals surface area contributed by atoms with Gasteiger partial charge in [0.05, 0.1) is 6.54 Å². The molecule has 0 amide bonds. The maximum atomic E-state index is 5.93. The lowest BCUT2D eigenvalue weighted by Gasteiger charge is -2.03. The summed E-state index contributed by atoms with van der Waals surface area (Å²) < 4.78 is 5.33. The summed E-state index contributed by atoms with van der Waals surface area (Å²) in [7, 11) is 0. The van der Waals surface area contributed by atoms with E-state index in [-0.39, 0.29) is 0 Å². The molecule has 3 rings (SSSR count). The quantitative estimate of drug-likeness (QED) is 0.760. The van der Waals surface area contributed by atoms with Gasteiger partial charge in [0.25, 0.3) is 0 Å². The smallest absolute Gasteiger partial charge is 0.156 e. The standard InChI is InChI=1S/C16H13ClN2O/c17-13-7-4-8-14(9-13)18-11-15-10-16(19-20-15)12-5-2-1-3-6-12/h1-10,18H,11H2. The van der Waals surface area contributed by atoms with Gasteiger partial charge in [-0.05, 0) is 18.2 Å². The van der Waals surface area contributed by atoms with Crippen molar-refractivity contribution >= 4 is 17.3 Å². The molecular formula is C16H13ClN2O. The van der Waals surface area contributed by atoms with E-state index in [0.717, 1.165) is 22.7 Å². The minimum absolute atomic E-state index is 0.570. The predicted octanol–water partition coefficient (Wildman–Crippen LogP) is 4.61. The Balaban J connectivity index is 1.69. The van der Waals surface area contributed by atoms with Crippen LogP contribution in [0.2, 0.25) is 5.02 Å². The first-order valence-electron chi connectivity index (χ1n) is 6.32. The molecule has 0 bridgehead atoms. The fraction of sp³-hybridized carbons (Fsp3) is 0.0625. The summed E-state index contributed by atoms with van der Waals surface area (Å²) in [5, 5.41) is 8.03. The van der Waals surface area contributed by atoms with Crippen molar-refractivity contribution < 1.29 is 4.52 Å². The largest absolute Gasteiger partial charge is 0.378 e. The first-order valence-corrected chi connectivity index (χ1v) is 6.69. The first kappa shape index (κ1) is 12.8. The molecule has 1 N–H and O–H groups in total. The van der Waals surface area contributed by atoms with E-state index in [4.69, 9.17) is 16.1 Å². The van der Waals surface area contributed by atoms with Gasteiger partial charge in [-0.2, -0.15) is 0 Å². The number of nitrogens with zero attached hydrogens (tertiary/aromatic N) is 1. The summed E-state index contributed by atoms with van der Waals surface area (Å²) in [6.45, 7) is 0.570. The first-order chi connectivity index (χ1) is 9.81. The van der Waals surface area contributed by atoms with Gasteiger partial charge in [-0.3, -0.25) is 0 Å². The van der Waals surface area contributed by atoms with Crippen molar-refractivity contribution in [3.63, 3.8) is 0 Å². The van der Waals surface area contributed by atoms with Gasteiger partial charge in [-0.25, -0.2) is 0 Å². The summed E-state index contributed by atoms with van der Waals surface area (Å²) in [5.41, 5.74) is 2.84. The average molecular weight is 285 g/mol. The van der Waals surface area contributed by atoms with E-state index in [1.165, 1.54) is 0 Å². The SMILES string of the molecule is Clc1cccc(NCc2cc(-c3ccccc3)no2)c1. The van der Waals surface area contributed by atoms with Gasteiger partial charge in [0.1, 0.15) is 5.69 Å². The molecule has 0 aliphatic heterocycles. The van der Waals surface area contributed by atoms with Crippen LogP contribution in [0.1, 0.15) is 5.76 Å². The number of benzene rings is 2. The highest BCUT2D eigenvalue weighted by Crippen LogP contribution is 2.20. The fourth-order valence-corrected chi connectivity index (χ4v) is 2.12. The molecule has 0 saturated heterocycles. The third-order valence-electron chi connectivity index (χ3n) is 2.92.